The first-order valence-corrected chi connectivity index (χ1v) is 6.36. The number of ether oxygens (including phenoxy) is 1. The van der Waals surface area contributed by atoms with Crippen molar-refractivity contribution in [2.24, 2.45) is 0 Å². The quantitative estimate of drug-likeness (QED) is 0.522. The molecule has 1 unspecified atom stereocenters. The summed E-state index contributed by atoms with van der Waals surface area (Å²) in [6.07, 6.45) is 4.15. The number of hydrogen-bond acceptors (Lipinski definition) is 2. The van der Waals surface area contributed by atoms with E-state index in [0.29, 0.717) is 0 Å². The molecule has 0 aromatic heterocycles. The van der Waals surface area contributed by atoms with Crippen molar-refractivity contribution >= 4 is 0 Å². The summed E-state index contributed by atoms with van der Waals surface area (Å²) in [6.45, 7) is 8.46. The Balaban J connectivity index is 2.45. The number of hydrogen-bond donors (Lipinski definition) is 1. The summed E-state index contributed by atoms with van der Waals surface area (Å²) in [5.41, 5.74) is 1.24. The van der Waals surface area contributed by atoms with Crippen molar-refractivity contribution in [2.75, 3.05) is 19.7 Å². The van der Waals surface area contributed by atoms with Gasteiger partial charge in [-0.2, -0.15) is 0 Å². The van der Waals surface area contributed by atoms with Crippen LogP contribution in [0.2, 0.25) is 0 Å². The number of unbranched alkanes of at least 4 members (excludes halogenated alkanes) is 1. The van der Waals surface area contributed by atoms with Crippen molar-refractivity contribution in [3.05, 3.63) is 48.6 Å². The predicted molar refractivity (Wildman–Crippen MR) is 73.1 cm³/mol. The van der Waals surface area contributed by atoms with Gasteiger partial charge in [0.2, 0.25) is 0 Å². The Labute approximate surface area is 105 Å². The molecule has 1 aromatic rings. The zero-order valence-corrected chi connectivity index (χ0v) is 10.7. The monoisotopic (exact) mass is 233 g/mol. The van der Waals surface area contributed by atoms with E-state index in [2.05, 4.69) is 43.1 Å². The van der Waals surface area contributed by atoms with Gasteiger partial charge in [0, 0.05) is 13.2 Å². The molecule has 1 rings (SSSR count). The highest BCUT2D eigenvalue weighted by Gasteiger charge is 2.10. The van der Waals surface area contributed by atoms with Gasteiger partial charge in [-0.1, -0.05) is 43.3 Å². The Hall–Kier alpha value is -1.12. The average Bonchev–Trinajstić information content (AvgIpc) is 2.39. The molecule has 0 aliphatic heterocycles. The maximum atomic E-state index is 5.92. The molecule has 0 radical (unpaired) electrons. The van der Waals surface area contributed by atoms with Gasteiger partial charge < -0.3 is 10.1 Å². The summed E-state index contributed by atoms with van der Waals surface area (Å²) in [4.78, 5) is 0. The van der Waals surface area contributed by atoms with Crippen LogP contribution in [0.25, 0.3) is 0 Å². The number of allylic oxidation sites excluding steroid dienone is 1. The summed E-state index contributed by atoms with van der Waals surface area (Å²) < 4.78 is 5.92. The average molecular weight is 233 g/mol. The molecule has 0 spiro atoms. The first kappa shape index (κ1) is 13.9. The largest absolute Gasteiger partial charge is 0.372 e. The zero-order valence-electron chi connectivity index (χ0n) is 10.7. The molecule has 0 saturated carbocycles. The minimum atomic E-state index is 0.154. The molecule has 0 aliphatic rings. The lowest BCUT2D eigenvalue weighted by Crippen LogP contribution is -2.23. The molecule has 0 fully saturated rings. The van der Waals surface area contributed by atoms with Crippen LogP contribution in [-0.4, -0.2) is 19.7 Å². The number of nitrogens with one attached hydrogen (secondary N) is 1. The van der Waals surface area contributed by atoms with Crippen LogP contribution in [-0.2, 0) is 4.74 Å². The molecule has 0 amide bonds. The van der Waals surface area contributed by atoms with Gasteiger partial charge in [0.15, 0.2) is 0 Å². The standard InChI is InChI=1S/C15H23NO/c1-3-5-9-12-17-15(13-16-4-2)14-10-7-6-8-11-14/h3,6-8,10-11,15-16H,1,4-5,9,12-13H2,2H3. The van der Waals surface area contributed by atoms with Gasteiger partial charge in [-0.3, -0.25) is 0 Å². The second-order valence-corrected chi connectivity index (χ2v) is 4.01. The first-order chi connectivity index (χ1) is 8.38. The number of benzene rings is 1. The topological polar surface area (TPSA) is 21.3 Å². The van der Waals surface area contributed by atoms with Crippen LogP contribution >= 0.6 is 0 Å². The minimum Gasteiger partial charge on any atom is -0.372 e. The van der Waals surface area contributed by atoms with Crippen LogP contribution in [0.5, 0.6) is 0 Å². The summed E-state index contributed by atoms with van der Waals surface area (Å²) >= 11 is 0. The number of rotatable bonds is 9. The Morgan fingerprint density at radius 2 is 2.12 bits per heavy atom. The molecule has 0 bridgehead atoms. The third kappa shape index (κ3) is 5.66. The van der Waals surface area contributed by atoms with Crippen LogP contribution in [0, 0.1) is 0 Å². The van der Waals surface area contributed by atoms with Crippen LogP contribution in [0.4, 0.5) is 0 Å². The normalized spacial score (nSPS) is 12.3. The van der Waals surface area contributed by atoms with Crippen LogP contribution < -0.4 is 5.32 Å². The third-order valence-electron chi connectivity index (χ3n) is 2.62. The molecular weight excluding hydrogens is 210 g/mol. The van der Waals surface area contributed by atoms with E-state index in [9.17, 15) is 0 Å². The Kier molecular flexibility index (Phi) is 7.35. The molecule has 0 aliphatic carbocycles. The molecular formula is C15H23NO. The maximum absolute atomic E-state index is 5.92. The summed E-state index contributed by atoms with van der Waals surface area (Å²) in [5.74, 6) is 0. The van der Waals surface area contributed by atoms with Gasteiger partial charge >= 0.3 is 0 Å². The summed E-state index contributed by atoms with van der Waals surface area (Å²) in [7, 11) is 0. The van der Waals surface area contributed by atoms with Crippen molar-refractivity contribution in [1.29, 1.82) is 0 Å². The van der Waals surface area contributed by atoms with Gasteiger partial charge in [-0.25, -0.2) is 0 Å². The molecule has 0 heterocycles. The lowest BCUT2D eigenvalue weighted by molar-refractivity contribution is 0.0517. The van der Waals surface area contributed by atoms with Crippen LogP contribution in [0.1, 0.15) is 31.4 Å². The zero-order chi connectivity index (χ0) is 12.3. The smallest absolute Gasteiger partial charge is 0.0949 e. The maximum Gasteiger partial charge on any atom is 0.0949 e. The molecule has 1 aromatic carbocycles. The highest BCUT2D eigenvalue weighted by Crippen LogP contribution is 2.16. The lowest BCUT2D eigenvalue weighted by Gasteiger charge is -2.18. The van der Waals surface area contributed by atoms with E-state index in [1.54, 1.807) is 0 Å². The van der Waals surface area contributed by atoms with Crippen LogP contribution in [0.3, 0.4) is 0 Å². The third-order valence-corrected chi connectivity index (χ3v) is 2.62. The SMILES string of the molecule is C=CCCCOC(CNCC)c1ccccc1. The van der Waals surface area contributed by atoms with E-state index in [0.717, 1.165) is 32.5 Å². The van der Waals surface area contributed by atoms with Crippen molar-refractivity contribution in [2.45, 2.75) is 25.9 Å². The van der Waals surface area contributed by atoms with Gasteiger partial charge in [-0.15, -0.1) is 6.58 Å². The predicted octanol–water partition coefficient (Wildman–Crippen LogP) is 3.32. The van der Waals surface area contributed by atoms with E-state index in [1.807, 2.05) is 12.1 Å². The molecule has 17 heavy (non-hydrogen) atoms. The molecule has 94 valence electrons. The highest BCUT2D eigenvalue weighted by atomic mass is 16.5. The van der Waals surface area contributed by atoms with Gasteiger partial charge in [0.25, 0.3) is 0 Å². The van der Waals surface area contributed by atoms with Gasteiger partial charge in [0.05, 0.1) is 6.10 Å². The Bertz CT molecular complexity index is 297. The van der Waals surface area contributed by atoms with E-state index >= 15 is 0 Å². The van der Waals surface area contributed by atoms with E-state index in [1.165, 1.54) is 5.56 Å². The Morgan fingerprint density at radius 1 is 1.35 bits per heavy atom. The second-order valence-electron chi connectivity index (χ2n) is 4.01. The molecule has 2 nitrogen and oxygen atoms in total. The van der Waals surface area contributed by atoms with E-state index < -0.39 is 0 Å². The molecule has 2 heteroatoms. The van der Waals surface area contributed by atoms with Gasteiger partial charge in [0.1, 0.15) is 0 Å². The molecule has 0 saturated heterocycles. The Morgan fingerprint density at radius 3 is 2.76 bits per heavy atom. The van der Waals surface area contributed by atoms with Crippen LogP contribution in [0.15, 0.2) is 43.0 Å². The summed E-state index contributed by atoms with van der Waals surface area (Å²) in [6, 6.07) is 10.4. The van der Waals surface area contributed by atoms with Crippen molar-refractivity contribution in [1.82, 2.24) is 5.32 Å². The fraction of sp³-hybridized carbons (Fsp3) is 0.467. The molecule has 1 atom stereocenters. The van der Waals surface area contributed by atoms with Crippen molar-refractivity contribution in [3.63, 3.8) is 0 Å². The van der Waals surface area contributed by atoms with Gasteiger partial charge in [-0.05, 0) is 24.9 Å². The first-order valence-electron chi connectivity index (χ1n) is 6.36. The minimum absolute atomic E-state index is 0.154. The lowest BCUT2D eigenvalue weighted by atomic mass is 10.1. The van der Waals surface area contributed by atoms with Crippen molar-refractivity contribution < 1.29 is 4.74 Å². The summed E-state index contributed by atoms with van der Waals surface area (Å²) in [5, 5.41) is 3.34. The number of likely N-dealkylation sites (N-methyl/N-ethyl adjacent to an activating group) is 1. The fourth-order valence-corrected chi connectivity index (χ4v) is 1.67. The van der Waals surface area contributed by atoms with Crippen molar-refractivity contribution in [3.8, 4) is 0 Å². The fourth-order valence-electron chi connectivity index (χ4n) is 1.67. The molecule has 1 N–H and O–H groups in total. The highest BCUT2D eigenvalue weighted by molar-refractivity contribution is 5.17. The second kappa shape index (κ2) is 8.97. The van der Waals surface area contributed by atoms with E-state index in [4.69, 9.17) is 4.74 Å². The van der Waals surface area contributed by atoms with E-state index in [-0.39, 0.29) is 6.10 Å².